The summed E-state index contributed by atoms with van der Waals surface area (Å²) in [6.07, 6.45) is -0.180. The quantitative estimate of drug-likeness (QED) is 0.922. The molecule has 1 aromatic heterocycles. The number of aryl methyl sites for hydroxylation is 2. The fourth-order valence-electron chi connectivity index (χ4n) is 2.36. The maximum atomic E-state index is 10.5. The van der Waals surface area contributed by atoms with Gasteiger partial charge in [0, 0.05) is 26.1 Å². The second kappa shape index (κ2) is 6.39. The molecule has 0 aliphatic rings. The van der Waals surface area contributed by atoms with Crippen molar-refractivity contribution in [2.75, 3.05) is 7.11 Å². The molecule has 0 spiro atoms. The predicted octanol–water partition coefficient (Wildman–Crippen LogP) is 2.80. The Bertz CT molecular complexity index is 596. The molecular formula is C15H19ClN2O2. The first kappa shape index (κ1) is 15.0. The molecule has 1 heterocycles. The number of aromatic nitrogens is 2. The fraction of sp³-hybridized carbons (Fsp3) is 0.400. The minimum atomic E-state index is -0.623. The van der Waals surface area contributed by atoms with Gasteiger partial charge < -0.3 is 9.84 Å². The van der Waals surface area contributed by atoms with E-state index in [4.69, 9.17) is 16.3 Å². The summed E-state index contributed by atoms with van der Waals surface area (Å²) in [5, 5.41) is 15.3. The summed E-state index contributed by atoms with van der Waals surface area (Å²) in [4.78, 5) is 0. The van der Waals surface area contributed by atoms with Crippen molar-refractivity contribution in [3.8, 4) is 0 Å². The molecule has 0 saturated heterocycles. The number of aliphatic hydroxyl groups is 1. The second-order valence-electron chi connectivity index (χ2n) is 4.83. The van der Waals surface area contributed by atoms with Crippen LogP contribution in [-0.4, -0.2) is 22.0 Å². The molecular weight excluding hydrogens is 276 g/mol. The molecule has 1 N–H and O–H groups in total. The van der Waals surface area contributed by atoms with Crippen molar-refractivity contribution in [2.45, 2.75) is 26.1 Å². The zero-order valence-electron chi connectivity index (χ0n) is 11.9. The molecule has 0 fully saturated rings. The van der Waals surface area contributed by atoms with Crippen LogP contribution in [0, 0.1) is 6.92 Å². The molecule has 0 amide bonds. The zero-order valence-corrected chi connectivity index (χ0v) is 12.7. The number of hydrogen-bond donors (Lipinski definition) is 1. The third-order valence-corrected chi connectivity index (χ3v) is 3.85. The monoisotopic (exact) mass is 294 g/mol. The highest BCUT2D eigenvalue weighted by Gasteiger charge is 2.18. The summed E-state index contributed by atoms with van der Waals surface area (Å²) in [6.45, 7) is 2.38. The molecule has 108 valence electrons. The molecule has 1 atom stereocenters. The minimum Gasteiger partial charge on any atom is -0.388 e. The van der Waals surface area contributed by atoms with Crippen molar-refractivity contribution in [3.05, 3.63) is 51.8 Å². The summed E-state index contributed by atoms with van der Waals surface area (Å²) in [7, 11) is 3.44. The number of hydrogen-bond acceptors (Lipinski definition) is 3. The molecule has 0 radical (unpaired) electrons. The van der Waals surface area contributed by atoms with Gasteiger partial charge >= 0.3 is 0 Å². The highest BCUT2D eigenvalue weighted by molar-refractivity contribution is 6.30. The third-order valence-electron chi connectivity index (χ3n) is 3.38. The minimum absolute atomic E-state index is 0.444. The predicted molar refractivity (Wildman–Crippen MR) is 78.8 cm³/mol. The molecule has 0 saturated carbocycles. The number of ether oxygens (including phenoxy) is 1. The number of rotatable bonds is 5. The van der Waals surface area contributed by atoms with Gasteiger partial charge in [-0.05, 0) is 18.1 Å². The Kier molecular flexibility index (Phi) is 4.81. The van der Waals surface area contributed by atoms with Crippen LogP contribution >= 0.6 is 11.6 Å². The van der Waals surface area contributed by atoms with Crippen LogP contribution < -0.4 is 0 Å². The van der Waals surface area contributed by atoms with E-state index in [1.54, 1.807) is 18.8 Å². The highest BCUT2D eigenvalue weighted by atomic mass is 35.5. The SMILES string of the molecule is COCc1ccccc1C(O)Cc1c(C)nn(C)c1Cl. The molecule has 0 aliphatic heterocycles. The Morgan fingerprint density at radius 3 is 2.70 bits per heavy atom. The Balaban J connectivity index is 2.26. The lowest BCUT2D eigenvalue weighted by atomic mass is 9.97. The van der Waals surface area contributed by atoms with Crippen molar-refractivity contribution in [1.82, 2.24) is 9.78 Å². The summed E-state index contributed by atoms with van der Waals surface area (Å²) in [6, 6.07) is 7.72. The molecule has 0 aliphatic carbocycles. The molecule has 1 aromatic carbocycles. The van der Waals surface area contributed by atoms with Crippen molar-refractivity contribution in [1.29, 1.82) is 0 Å². The topological polar surface area (TPSA) is 47.3 Å². The average molecular weight is 295 g/mol. The van der Waals surface area contributed by atoms with Crippen LogP contribution in [0.25, 0.3) is 0 Å². The van der Waals surface area contributed by atoms with Crippen LogP contribution in [0.1, 0.15) is 28.5 Å². The number of halogens is 1. The summed E-state index contributed by atoms with van der Waals surface area (Å²) < 4.78 is 6.79. The average Bonchev–Trinajstić information content (AvgIpc) is 2.66. The van der Waals surface area contributed by atoms with Crippen molar-refractivity contribution in [2.24, 2.45) is 7.05 Å². The highest BCUT2D eigenvalue weighted by Crippen LogP contribution is 2.27. The van der Waals surface area contributed by atoms with Gasteiger partial charge in [-0.15, -0.1) is 0 Å². The van der Waals surface area contributed by atoms with E-state index in [9.17, 15) is 5.11 Å². The number of benzene rings is 1. The number of nitrogens with zero attached hydrogens (tertiary/aromatic N) is 2. The Morgan fingerprint density at radius 2 is 2.10 bits per heavy atom. The molecule has 1 unspecified atom stereocenters. The first-order valence-corrected chi connectivity index (χ1v) is 6.85. The van der Waals surface area contributed by atoms with Crippen LogP contribution in [0.2, 0.25) is 5.15 Å². The van der Waals surface area contributed by atoms with Gasteiger partial charge in [0.25, 0.3) is 0 Å². The molecule has 2 rings (SSSR count). The molecule has 20 heavy (non-hydrogen) atoms. The van der Waals surface area contributed by atoms with E-state index in [0.717, 1.165) is 22.4 Å². The fourth-order valence-corrected chi connectivity index (χ4v) is 2.61. The summed E-state index contributed by atoms with van der Waals surface area (Å²) >= 11 is 6.21. The molecule has 4 nitrogen and oxygen atoms in total. The largest absolute Gasteiger partial charge is 0.388 e. The Morgan fingerprint density at radius 1 is 1.40 bits per heavy atom. The Hall–Kier alpha value is -1.36. The maximum absolute atomic E-state index is 10.5. The van der Waals surface area contributed by atoms with Gasteiger partial charge in [0.15, 0.2) is 0 Å². The normalized spacial score (nSPS) is 12.7. The van der Waals surface area contributed by atoms with Gasteiger partial charge in [-0.2, -0.15) is 5.10 Å². The van der Waals surface area contributed by atoms with E-state index in [2.05, 4.69) is 5.10 Å². The van der Waals surface area contributed by atoms with Gasteiger partial charge in [-0.1, -0.05) is 35.9 Å². The van der Waals surface area contributed by atoms with Gasteiger partial charge in [-0.3, -0.25) is 4.68 Å². The van der Waals surface area contributed by atoms with Crippen LogP contribution in [0.3, 0.4) is 0 Å². The van der Waals surface area contributed by atoms with Gasteiger partial charge in [-0.25, -0.2) is 0 Å². The first-order valence-electron chi connectivity index (χ1n) is 6.47. The number of aliphatic hydroxyl groups excluding tert-OH is 1. The van der Waals surface area contributed by atoms with E-state index in [-0.39, 0.29) is 0 Å². The van der Waals surface area contributed by atoms with E-state index < -0.39 is 6.10 Å². The van der Waals surface area contributed by atoms with E-state index in [0.29, 0.717) is 18.2 Å². The van der Waals surface area contributed by atoms with Crippen molar-refractivity contribution >= 4 is 11.6 Å². The number of methoxy groups -OCH3 is 1. The smallest absolute Gasteiger partial charge is 0.130 e. The lowest BCUT2D eigenvalue weighted by molar-refractivity contribution is 0.161. The van der Waals surface area contributed by atoms with Crippen LogP contribution in [0.5, 0.6) is 0 Å². The molecule has 2 aromatic rings. The van der Waals surface area contributed by atoms with Gasteiger partial charge in [0.2, 0.25) is 0 Å². The van der Waals surface area contributed by atoms with E-state index >= 15 is 0 Å². The van der Waals surface area contributed by atoms with E-state index in [1.807, 2.05) is 31.2 Å². The second-order valence-corrected chi connectivity index (χ2v) is 5.19. The lowest BCUT2D eigenvalue weighted by Crippen LogP contribution is -2.07. The first-order chi connectivity index (χ1) is 9.54. The van der Waals surface area contributed by atoms with Crippen LogP contribution in [-0.2, 0) is 24.8 Å². The maximum Gasteiger partial charge on any atom is 0.130 e. The molecule has 5 heteroatoms. The van der Waals surface area contributed by atoms with Gasteiger partial charge in [0.1, 0.15) is 5.15 Å². The zero-order chi connectivity index (χ0) is 14.7. The summed E-state index contributed by atoms with van der Waals surface area (Å²) in [5.74, 6) is 0. The van der Waals surface area contributed by atoms with Gasteiger partial charge in [0.05, 0.1) is 18.4 Å². The van der Waals surface area contributed by atoms with Crippen LogP contribution in [0.15, 0.2) is 24.3 Å². The van der Waals surface area contributed by atoms with Crippen molar-refractivity contribution < 1.29 is 9.84 Å². The lowest BCUT2D eigenvalue weighted by Gasteiger charge is -2.15. The van der Waals surface area contributed by atoms with Crippen LogP contribution in [0.4, 0.5) is 0 Å². The standard InChI is InChI=1S/C15H19ClN2O2/c1-10-13(15(16)18(2)17-10)8-14(19)12-7-5-4-6-11(12)9-20-3/h4-7,14,19H,8-9H2,1-3H3. The van der Waals surface area contributed by atoms with Crippen molar-refractivity contribution in [3.63, 3.8) is 0 Å². The summed E-state index contributed by atoms with van der Waals surface area (Å²) in [5.41, 5.74) is 3.59. The van der Waals surface area contributed by atoms with E-state index in [1.165, 1.54) is 0 Å². The molecule has 0 bridgehead atoms. The third kappa shape index (κ3) is 3.03. The Labute approximate surface area is 123 Å².